The summed E-state index contributed by atoms with van der Waals surface area (Å²) in [5.74, 6) is -2.09. The van der Waals surface area contributed by atoms with Crippen molar-refractivity contribution >= 4 is 34.4 Å². The molecule has 7 heteroatoms. The monoisotopic (exact) mass is 390 g/mol. The van der Waals surface area contributed by atoms with Crippen LogP contribution in [0.1, 0.15) is 38.4 Å². The molecule has 4 rings (SSSR count). The average molecular weight is 390 g/mol. The standard InChI is InChI=1S/C22H18N2O5/c25-19(23-14-10-8-13(9-11-14)21(26)27)12-29-22(28)20-15-4-1-2-6-17(15)24-18-7-3-5-16(18)20/h1-2,4,6,8-11H,3,5,7,12H2,(H,23,25)(H,26,27). The fourth-order valence-corrected chi connectivity index (χ4v) is 3.54. The Hall–Kier alpha value is -3.74. The van der Waals surface area contributed by atoms with Gasteiger partial charge in [-0.05, 0) is 55.2 Å². The molecule has 0 fully saturated rings. The van der Waals surface area contributed by atoms with Gasteiger partial charge in [-0.2, -0.15) is 0 Å². The summed E-state index contributed by atoms with van der Waals surface area (Å²) in [7, 11) is 0. The molecule has 3 aromatic rings. The smallest absolute Gasteiger partial charge is 0.339 e. The highest BCUT2D eigenvalue weighted by atomic mass is 16.5. The van der Waals surface area contributed by atoms with Crippen LogP contribution in [0, 0.1) is 0 Å². The number of hydrogen-bond acceptors (Lipinski definition) is 5. The molecule has 0 aliphatic heterocycles. The molecule has 0 spiro atoms. The normalized spacial score (nSPS) is 12.4. The van der Waals surface area contributed by atoms with Crippen LogP contribution in [0.4, 0.5) is 5.69 Å². The van der Waals surface area contributed by atoms with Gasteiger partial charge < -0.3 is 15.2 Å². The third-order valence-electron chi connectivity index (χ3n) is 4.87. The number of aromatic nitrogens is 1. The minimum atomic E-state index is -1.05. The molecular weight excluding hydrogens is 372 g/mol. The topological polar surface area (TPSA) is 106 Å². The van der Waals surface area contributed by atoms with Gasteiger partial charge in [-0.15, -0.1) is 0 Å². The first kappa shape index (κ1) is 18.6. The number of nitrogens with zero attached hydrogens (tertiary/aromatic N) is 1. The maximum atomic E-state index is 12.8. The number of nitrogens with one attached hydrogen (secondary N) is 1. The number of pyridine rings is 1. The van der Waals surface area contributed by atoms with Crippen LogP contribution in [-0.4, -0.2) is 34.5 Å². The van der Waals surface area contributed by atoms with Gasteiger partial charge in [0.2, 0.25) is 0 Å². The number of esters is 1. The Morgan fingerprint density at radius 3 is 2.55 bits per heavy atom. The van der Waals surface area contributed by atoms with Crippen LogP contribution in [0.25, 0.3) is 10.9 Å². The number of carboxylic acid groups (broad SMARTS) is 1. The lowest BCUT2D eigenvalue weighted by Crippen LogP contribution is -2.21. The minimum Gasteiger partial charge on any atom is -0.478 e. The van der Waals surface area contributed by atoms with E-state index in [2.05, 4.69) is 10.3 Å². The zero-order valence-electron chi connectivity index (χ0n) is 15.5. The highest BCUT2D eigenvalue weighted by Gasteiger charge is 2.25. The molecule has 0 bridgehead atoms. The van der Waals surface area contributed by atoms with Crippen LogP contribution in [0.15, 0.2) is 48.5 Å². The number of carboxylic acids is 1. The largest absolute Gasteiger partial charge is 0.478 e. The van der Waals surface area contributed by atoms with Crippen LogP contribution in [-0.2, 0) is 22.4 Å². The van der Waals surface area contributed by atoms with Gasteiger partial charge in [-0.25, -0.2) is 9.59 Å². The van der Waals surface area contributed by atoms with Crippen molar-refractivity contribution in [2.75, 3.05) is 11.9 Å². The van der Waals surface area contributed by atoms with E-state index in [-0.39, 0.29) is 5.56 Å². The van der Waals surface area contributed by atoms with Crippen LogP contribution in [0.3, 0.4) is 0 Å². The molecule has 1 aliphatic carbocycles. The van der Waals surface area contributed by atoms with Crippen LogP contribution in [0.2, 0.25) is 0 Å². The quantitative estimate of drug-likeness (QED) is 0.648. The lowest BCUT2D eigenvalue weighted by molar-refractivity contribution is -0.119. The van der Waals surface area contributed by atoms with E-state index in [0.717, 1.165) is 41.4 Å². The number of carbonyl (C=O) groups excluding carboxylic acids is 2. The Morgan fingerprint density at radius 1 is 1.03 bits per heavy atom. The highest BCUT2D eigenvalue weighted by molar-refractivity contribution is 6.06. The van der Waals surface area contributed by atoms with Crippen molar-refractivity contribution in [3.8, 4) is 0 Å². The number of benzene rings is 2. The molecule has 0 atom stereocenters. The van der Waals surface area contributed by atoms with Crippen LogP contribution < -0.4 is 5.32 Å². The highest BCUT2D eigenvalue weighted by Crippen LogP contribution is 2.30. The molecule has 0 saturated carbocycles. The van der Waals surface area contributed by atoms with Crippen molar-refractivity contribution in [1.29, 1.82) is 0 Å². The van der Waals surface area contributed by atoms with Gasteiger partial charge >= 0.3 is 11.9 Å². The number of amides is 1. The van der Waals surface area contributed by atoms with Gasteiger partial charge in [-0.1, -0.05) is 18.2 Å². The second-order valence-electron chi connectivity index (χ2n) is 6.79. The zero-order valence-corrected chi connectivity index (χ0v) is 15.5. The Morgan fingerprint density at radius 2 is 1.79 bits per heavy atom. The minimum absolute atomic E-state index is 0.118. The second kappa shape index (κ2) is 7.71. The van der Waals surface area contributed by atoms with Gasteiger partial charge in [0.15, 0.2) is 6.61 Å². The summed E-state index contributed by atoms with van der Waals surface area (Å²) in [6.07, 6.45) is 2.53. The number of ether oxygens (including phenoxy) is 1. The van der Waals surface area contributed by atoms with Crippen molar-refractivity contribution in [1.82, 2.24) is 4.98 Å². The predicted octanol–water partition coefficient (Wildman–Crippen LogP) is 3.22. The van der Waals surface area contributed by atoms with Crippen molar-refractivity contribution in [3.63, 3.8) is 0 Å². The summed E-state index contributed by atoms with van der Waals surface area (Å²) in [6, 6.07) is 13.1. The lowest BCUT2D eigenvalue weighted by atomic mass is 10.0. The van der Waals surface area contributed by atoms with E-state index in [1.54, 1.807) is 0 Å². The zero-order chi connectivity index (χ0) is 20.4. The molecule has 0 saturated heterocycles. The summed E-state index contributed by atoms with van der Waals surface area (Å²) in [6.45, 7) is -0.440. The summed E-state index contributed by atoms with van der Waals surface area (Å²) in [5, 5.41) is 12.2. The van der Waals surface area contributed by atoms with Crippen molar-refractivity contribution in [3.05, 3.63) is 70.9 Å². The average Bonchev–Trinajstić information content (AvgIpc) is 3.18. The van der Waals surface area contributed by atoms with E-state index in [0.29, 0.717) is 11.3 Å². The number of hydrogen-bond donors (Lipinski definition) is 2. The van der Waals surface area contributed by atoms with E-state index in [9.17, 15) is 14.4 Å². The molecule has 1 aromatic heterocycles. The van der Waals surface area contributed by atoms with Gasteiger partial charge in [0, 0.05) is 16.8 Å². The first-order chi connectivity index (χ1) is 14.0. The Bertz CT molecular complexity index is 1120. The number of rotatable bonds is 5. The van der Waals surface area contributed by atoms with Crippen molar-refractivity contribution in [2.24, 2.45) is 0 Å². The van der Waals surface area contributed by atoms with E-state index in [4.69, 9.17) is 9.84 Å². The van der Waals surface area contributed by atoms with Gasteiger partial charge in [-0.3, -0.25) is 9.78 Å². The number of aryl methyl sites for hydroxylation is 1. The molecule has 0 radical (unpaired) electrons. The summed E-state index contributed by atoms with van der Waals surface area (Å²) in [4.78, 5) is 40.5. The molecule has 1 amide bonds. The first-order valence-electron chi connectivity index (χ1n) is 9.24. The maximum absolute atomic E-state index is 12.8. The second-order valence-corrected chi connectivity index (χ2v) is 6.79. The van der Waals surface area contributed by atoms with E-state index in [1.807, 2.05) is 24.3 Å². The number of aromatic carboxylic acids is 1. The summed E-state index contributed by atoms with van der Waals surface area (Å²) in [5.41, 5.74) is 3.58. The van der Waals surface area contributed by atoms with E-state index >= 15 is 0 Å². The third-order valence-corrected chi connectivity index (χ3v) is 4.87. The Balaban J connectivity index is 1.47. The Kier molecular flexibility index (Phi) is 4.95. The maximum Gasteiger partial charge on any atom is 0.339 e. The van der Waals surface area contributed by atoms with E-state index in [1.165, 1.54) is 24.3 Å². The van der Waals surface area contributed by atoms with Crippen LogP contribution in [0.5, 0.6) is 0 Å². The van der Waals surface area contributed by atoms with Crippen LogP contribution >= 0.6 is 0 Å². The van der Waals surface area contributed by atoms with Crippen molar-refractivity contribution in [2.45, 2.75) is 19.3 Å². The molecule has 1 heterocycles. The van der Waals surface area contributed by atoms with Gasteiger partial charge in [0.1, 0.15) is 0 Å². The SMILES string of the molecule is O=C(COC(=O)c1c2c(nc3ccccc13)CCC2)Nc1ccc(C(=O)O)cc1. The molecule has 146 valence electrons. The lowest BCUT2D eigenvalue weighted by Gasteiger charge is -2.12. The molecule has 29 heavy (non-hydrogen) atoms. The molecule has 7 nitrogen and oxygen atoms in total. The number of para-hydroxylation sites is 1. The first-order valence-corrected chi connectivity index (χ1v) is 9.24. The Labute approximate surface area is 166 Å². The molecule has 0 unspecified atom stereocenters. The molecule has 1 aliphatic rings. The van der Waals surface area contributed by atoms with Gasteiger partial charge in [0.05, 0.1) is 16.6 Å². The predicted molar refractivity (Wildman–Crippen MR) is 106 cm³/mol. The molecule has 2 aromatic carbocycles. The number of carbonyl (C=O) groups is 3. The third kappa shape index (κ3) is 3.80. The van der Waals surface area contributed by atoms with E-state index < -0.39 is 24.5 Å². The molecule has 2 N–H and O–H groups in total. The van der Waals surface area contributed by atoms with Gasteiger partial charge in [0.25, 0.3) is 5.91 Å². The fraction of sp³-hybridized carbons (Fsp3) is 0.182. The summed E-state index contributed by atoms with van der Waals surface area (Å²) < 4.78 is 5.28. The number of anilines is 1. The van der Waals surface area contributed by atoms with Crippen molar-refractivity contribution < 1.29 is 24.2 Å². The number of fused-ring (bicyclic) bond motifs is 2. The summed E-state index contributed by atoms with van der Waals surface area (Å²) >= 11 is 0. The fourth-order valence-electron chi connectivity index (χ4n) is 3.54. The molecular formula is C22H18N2O5.